The third-order valence-corrected chi connectivity index (χ3v) is 4.59. The summed E-state index contributed by atoms with van der Waals surface area (Å²) in [5.74, 6) is 0.792. The Kier molecular flexibility index (Phi) is 3.98. The smallest absolute Gasteiger partial charge is 0.266 e. The van der Waals surface area contributed by atoms with Crippen molar-refractivity contribution in [3.63, 3.8) is 0 Å². The predicted molar refractivity (Wildman–Crippen MR) is 83.9 cm³/mol. The first-order valence-electron chi connectivity index (χ1n) is 6.21. The molecule has 0 bridgehead atoms. The fraction of sp³-hybridized carbons (Fsp3) is 0.154. The molecule has 0 spiro atoms. The first-order valence-corrected chi connectivity index (χ1v) is 7.82. The maximum absolute atomic E-state index is 11.5. The number of nitrogens with one attached hydrogen (secondary N) is 2. The van der Waals surface area contributed by atoms with E-state index in [9.17, 15) is 4.79 Å². The number of hydrogen-bond donors (Lipinski definition) is 2. The maximum atomic E-state index is 11.5. The lowest BCUT2D eigenvalue weighted by atomic mass is 10.3. The van der Waals surface area contributed by atoms with Crippen LogP contribution in [0, 0.1) is 0 Å². The van der Waals surface area contributed by atoms with Gasteiger partial charge in [0.05, 0.1) is 24.0 Å². The summed E-state index contributed by atoms with van der Waals surface area (Å²) < 4.78 is 5.85. The molecule has 2 heterocycles. The predicted octanol–water partition coefficient (Wildman–Crippen LogP) is 2.96. The van der Waals surface area contributed by atoms with E-state index in [0.29, 0.717) is 21.3 Å². The zero-order chi connectivity index (χ0) is 14.8. The number of halogens is 1. The Morgan fingerprint density at radius 2 is 2.29 bits per heavy atom. The third kappa shape index (κ3) is 2.96. The van der Waals surface area contributed by atoms with Crippen LogP contribution in [-0.2, 0) is 0 Å². The second kappa shape index (κ2) is 5.90. The van der Waals surface area contributed by atoms with Gasteiger partial charge in [-0.3, -0.25) is 4.79 Å². The lowest BCUT2D eigenvalue weighted by Gasteiger charge is -2.00. The molecule has 2 aromatic heterocycles. The molecule has 3 aromatic rings. The van der Waals surface area contributed by atoms with Crippen molar-refractivity contribution >= 4 is 38.7 Å². The van der Waals surface area contributed by atoms with E-state index >= 15 is 0 Å². The number of fused-ring (bicyclic) bond motifs is 1. The van der Waals surface area contributed by atoms with Gasteiger partial charge in [-0.2, -0.15) is 0 Å². The minimum atomic E-state index is -0.220. The molecule has 8 heteroatoms. The topological polar surface area (TPSA) is 83.7 Å². The molecule has 3 rings (SSSR count). The quantitative estimate of drug-likeness (QED) is 0.693. The van der Waals surface area contributed by atoms with Crippen LogP contribution in [0.3, 0.4) is 0 Å². The van der Waals surface area contributed by atoms with Crippen LogP contribution >= 0.6 is 27.7 Å². The summed E-state index contributed by atoms with van der Waals surface area (Å²) >= 11 is 4.51. The van der Waals surface area contributed by atoms with Crippen molar-refractivity contribution < 1.29 is 4.74 Å². The van der Waals surface area contributed by atoms with Crippen LogP contribution in [0.4, 0.5) is 0 Å². The van der Waals surface area contributed by atoms with E-state index in [2.05, 4.69) is 35.9 Å². The van der Waals surface area contributed by atoms with Crippen LogP contribution in [0.5, 0.6) is 5.75 Å². The van der Waals surface area contributed by atoms with Crippen molar-refractivity contribution in [1.29, 1.82) is 0 Å². The third-order valence-electron chi connectivity index (χ3n) is 2.70. The molecule has 0 saturated carbocycles. The van der Waals surface area contributed by atoms with Crippen LogP contribution in [0.2, 0.25) is 0 Å². The van der Waals surface area contributed by atoms with E-state index in [4.69, 9.17) is 4.74 Å². The number of aromatic nitrogens is 4. The Labute approximate surface area is 132 Å². The van der Waals surface area contributed by atoms with E-state index in [1.807, 2.05) is 25.1 Å². The average molecular weight is 367 g/mol. The van der Waals surface area contributed by atoms with Crippen LogP contribution < -0.4 is 10.3 Å². The van der Waals surface area contributed by atoms with E-state index in [1.54, 1.807) is 0 Å². The zero-order valence-corrected chi connectivity index (χ0v) is 13.4. The van der Waals surface area contributed by atoms with Crippen LogP contribution in [0.15, 0.2) is 44.0 Å². The van der Waals surface area contributed by atoms with Crippen molar-refractivity contribution in [2.24, 2.45) is 0 Å². The molecule has 1 aromatic carbocycles. The van der Waals surface area contributed by atoms with Gasteiger partial charge in [0.1, 0.15) is 15.2 Å². The van der Waals surface area contributed by atoms with Crippen molar-refractivity contribution in [3.8, 4) is 5.75 Å². The average Bonchev–Trinajstić information content (AvgIpc) is 2.86. The lowest BCUT2D eigenvalue weighted by Crippen LogP contribution is -2.07. The molecule has 108 valence electrons. The molecule has 0 aliphatic carbocycles. The minimum absolute atomic E-state index is 0.220. The summed E-state index contributed by atoms with van der Waals surface area (Å²) in [5.41, 5.74) is 1.49. The highest BCUT2D eigenvalue weighted by Gasteiger charge is 2.11. The molecule has 0 amide bonds. The zero-order valence-electron chi connectivity index (χ0n) is 11.0. The summed E-state index contributed by atoms with van der Waals surface area (Å²) in [7, 11) is 0. The molecule has 0 aliphatic heterocycles. The standard InChI is InChI=1S/C13H11BrN4O2S/c1-2-20-7-3-4-8-9(5-7)18-13(17-8)21-12-10(14)11(19)15-6-16-12/h3-6H,2H2,1H3,(H,17,18)(H,15,16,19). The van der Waals surface area contributed by atoms with Gasteiger partial charge in [-0.1, -0.05) is 0 Å². The molecular weight excluding hydrogens is 356 g/mol. The van der Waals surface area contributed by atoms with Gasteiger partial charge < -0.3 is 14.7 Å². The fourth-order valence-corrected chi connectivity index (χ4v) is 3.03. The van der Waals surface area contributed by atoms with Gasteiger partial charge >= 0.3 is 0 Å². The number of benzene rings is 1. The molecular formula is C13H11BrN4O2S. The Hall–Kier alpha value is -1.80. The number of ether oxygens (including phenoxy) is 1. The number of aromatic amines is 2. The van der Waals surface area contributed by atoms with Gasteiger partial charge in [0, 0.05) is 6.07 Å². The Balaban J connectivity index is 1.94. The number of nitrogens with zero attached hydrogens (tertiary/aromatic N) is 2. The van der Waals surface area contributed by atoms with Gasteiger partial charge in [-0.05, 0) is 46.7 Å². The van der Waals surface area contributed by atoms with E-state index in [0.717, 1.165) is 16.8 Å². The van der Waals surface area contributed by atoms with Crippen molar-refractivity contribution in [1.82, 2.24) is 19.9 Å². The Bertz CT molecular complexity index is 846. The summed E-state index contributed by atoms with van der Waals surface area (Å²) in [6.45, 7) is 2.56. The van der Waals surface area contributed by atoms with Crippen LogP contribution in [0.25, 0.3) is 11.0 Å². The monoisotopic (exact) mass is 366 g/mol. The SMILES string of the molecule is CCOc1ccc2nc(Sc3nc[nH]c(=O)c3Br)[nH]c2c1. The highest BCUT2D eigenvalue weighted by atomic mass is 79.9. The molecule has 0 atom stereocenters. The van der Waals surface area contributed by atoms with Crippen molar-refractivity contribution in [3.05, 3.63) is 39.4 Å². The Morgan fingerprint density at radius 1 is 1.43 bits per heavy atom. The number of rotatable bonds is 4. The largest absolute Gasteiger partial charge is 0.494 e. The maximum Gasteiger partial charge on any atom is 0.266 e. The van der Waals surface area contributed by atoms with Gasteiger partial charge in [0.2, 0.25) is 0 Å². The molecule has 6 nitrogen and oxygen atoms in total. The molecule has 0 fully saturated rings. The first-order chi connectivity index (χ1) is 10.2. The minimum Gasteiger partial charge on any atom is -0.494 e. The van der Waals surface area contributed by atoms with E-state index in [1.165, 1.54) is 18.1 Å². The molecule has 0 aliphatic rings. The molecule has 0 radical (unpaired) electrons. The Morgan fingerprint density at radius 3 is 3.10 bits per heavy atom. The molecule has 0 saturated heterocycles. The highest BCUT2D eigenvalue weighted by Crippen LogP contribution is 2.29. The van der Waals surface area contributed by atoms with Crippen LogP contribution in [0.1, 0.15) is 6.92 Å². The number of hydrogen-bond acceptors (Lipinski definition) is 5. The second-order valence-corrected chi connectivity index (χ2v) is 5.88. The number of H-pyrrole nitrogens is 2. The highest BCUT2D eigenvalue weighted by molar-refractivity contribution is 9.10. The fourth-order valence-electron chi connectivity index (χ4n) is 1.80. The van der Waals surface area contributed by atoms with Crippen molar-refractivity contribution in [2.45, 2.75) is 17.1 Å². The molecule has 2 N–H and O–H groups in total. The number of imidazole rings is 1. The summed E-state index contributed by atoms with van der Waals surface area (Å²) in [6, 6.07) is 5.67. The summed E-state index contributed by atoms with van der Waals surface area (Å²) in [4.78, 5) is 25.8. The van der Waals surface area contributed by atoms with E-state index in [-0.39, 0.29) is 5.56 Å². The first kappa shape index (κ1) is 14.2. The lowest BCUT2D eigenvalue weighted by molar-refractivity contribution is 0.340. The van der Waals surface area contributed by atoms with E-state index < -0.39 is 0 Å². The van der Waals surface area contributed by atoms with Gasteiger partial charge in [0.15, 0.2) is 5.16 Å². The summed E-state index contributed by atoms with van der Waals surface area (Å²) in [5, 5.41) is 1.22. The van der Waals surface area contributed by atoms with Crippen molar-refractivity contribution in [2.75, 3.05) is 6.61 Å². The molecule has 21 heavy (non-hydrogen) atoms. The summed E-state index contributed by atoms with van der Waals surface area (Å²) in [6.07, 6.45) is 1.37. The van der Waals surface area contributed by atoms with Crippen LogP contribution in [-0.4, -0.2) is 26.5 Å². The molecule has 0 unspecified atom stereocenters. The van der Waals surface area contributed by atoms with Gasteiger partial charge in [-0.25, -0.2) is 9.97 Å². The normalized spacial score (nSPS) is 11.0. The van der Waals surface area contributed by atoms with Gasteiger partial charge in [-0.15, -0.1) is 0 Å². The second-order valence-electron chi connectivity index (χ2n) is 4.11. The van der Waals surface area contributed by atoms with Gasteiger partial charge in [0.25, 0.3) is 5.56 Å².